The molecule has 0 aliphatic rings. The van der Waals surface area contributed by atoms with Crippen LogP contribution in [0, 0.1) is 13.8 Å². The second kappa shape index (κ2) is 9.91. The van der Waals surface area contributed by atoms with Crippen LogP contribution in [0.3, 0.4) is 0 Å². The van der Waals surface area contributed by atoms with Crippen molar-refractivity contribution in [3.8, 4) is 44.6 Å². The first-order valence-electron chi connectivity index (χ1n) is 13.7. The highest BCUT2D eigenvalue weighted by atomic mass is 14.8. The number of hydrogen-bond acceptors (Lipinski definition) is 2. The highest BCUT2D eigenvalue weighted by Crippen LogP contribution is 2.33. The van der Waals surface area contributed by atoms with Gasteiger partial charge in [0.05, 0.1) is 16.7 Å². The monoisotopic (exact) mass is 512 g/mol. The first-order valence-corrected chi connectivity index (χ1v) is 13.7. The molecule has 0 aliphatic heterocycles. The van der Waals surface area contributed by atoms with Crippen molar-refractivity contribution >= 4 is 21.8 Å². The maximum absolute atomic E-state index is 5.09. The SMILES string of the molecule is Cc1c(C)c2ccc(-c3ccc(-c4ccc(-c5ccc(-c6ccccc6)cc5)cc4)cc3)nc2c2ncccc12. The van der Waals surface area contributed by atoms with Crippen LogP contribution in [-0.2, 0) is 0 Å². The Bertz CT molecular complexity index is 1970. The standard InChI is InChI=1S/C38H28N2/c1-25-26(2)35-22-23-36(40-38(35)37-34(25)9-6-24-39-37)33-20-18-32(19-21-33)31-16-14-30(15-17-31)29-12-10-28(11-13-29)27-7-4-3-5-8-27/h3-24H,1-2H3. The molecule has 2 nitrogen and oxygen atoms in total. The number of benzene rings is 5. The van der Waals surface area contributed by atoms with Crippen LogP contribution in [0.15, 0.2) is 134 Å². The number of pyridine rings is 2. The Balaban J connectivity index is 1.15. The quantitative estimate of drug-likeness (QED) is 0.219. The van der Waals surface area contributed by atoms with Crippen molar-refractivity contribution in [2.75, 3.05) is 0 Å². The number of hydrogen-bond donors (Lipinski definition) is 0. The van der Waals surface area contributed by atoms with Gasteiger partial charge in [0.25, 0.3) is 0 Å². The molecule has 2 heteroatoms. The molecule has 7 rings (SSSR count). The van der Waals surface area contributed by atoms with E-state index in [-0.39, 0.29) is 0 Å². The van der Waals surface area contributed by atoms with E-state index in [1.807, 2.05) is 18.3 Å². The lowest BCUT2D eigenvalue weighted by atomic mass is 9.96. The Kier molecular flexibility index (Phi) is 5.94. The number of fused-ring (bicyclic) bond motifs is 3. The second-order valence-electron chi connectivity index (χ2n) is 10.3. The van der Waals surface area contributed by atoms with Crippen molar-refractivity contribution in [2.45, 2.75) is 13.8 Å². The molecule has 2 aromatic heterocycles. The molecule has 0 saturated heterocycles. The van der Waals surface area contributed by atoms with Gasteiger partial charge in [-0.05, 0) is 70.5 Å². The molecule has 0 bridgehead atoms. The van der Waals surface area contributed by atoms with Crippen molar-refractivity contribution in [3.05, 3.63) is 145 Å². The van der Waals surface area contributed by atoms with E-state index in [9.17, 15) is 0 Å². The minimum absolute atomic E-state index is 0.962. The van der Waals surface area contributed by atoms with E-state index in [0.717, 1.165) is 22.3 Å². The van der Waals surface area contributed by atoms with E-state index < -0.39 is 0 Å². The third kappa shape index (κ3) is 4.24. The fourth-order valence-electron chi connectivity index (χ4n) is 5.58. The van der Waals surface area contributed by atoms with Gasteiger partial charge in [-0.15, -0.1) is 0 Å². The molecule has 0 N–H and O–H groups in total. The lowest BCUT2D eigenvalue weighted by Gasteiger charge is -2.12. The van der Waals surface area contributed by atoms with Crippen molar-refractivity contribution in [1.82, 2.24) is 9.97 Å². The van der Waals surface area contributed by atoms with E-state index in [4.69, 9.17) is 4.98 Å². The molecule has 190 valence electrons. The lowest BCUT2D eigenvalue weighted by molar-refractivity contribution is 1.33. The molecule has 5 aromatic carbocycles. The molecular weight excluding hydrogens is 484 g/mol. The maximum atomic E-state index is 5.09. The molecule has 0 aliphatic carbocycles. The van der Waals surface area contributed by atoms with Crippen molar-refractivity contribution in [3.63, 3.8) is 0 Å². The van der Waals surface area contributed by atoms with E-state index in [2.05, 4.69) is 134 Å². The molecule has 2 heterocycles. The van der Waals surface area contributed by atoms with Crippen LogP contribution in [0.25, 0.3) is 66.4 Å². The summed E-state index contributed by atoms with van der Waals surface area (Å²) in [6.07, 6.45) is 1.85. The van der Waals surface area contributed by atoms with E-state index in [1.54, 1.807) is 0 Å². The first-order chi connectivity index (χ1) is 19.7. The molecule has 0 spiro atoms. The van der Waals surface area contributed by atoms with Crippen LogP contribution in [0.1, 0.15) is 11.1 Å². The fraction of sp³-hybridized carbons (Fsp3) is 0.0526. The summed E-state index contributed by atoms with van der Waals surface area (Å²) in [6.45, 7) is 4.34. The second-order valence-corrected chi connectivity index (χ2v) is 10.3. The van der Waals surface area contributed by atoms with Gasteiger partial charge >= 0.3 is 0 Å². The molecule has 0 amide bonds. The van der Waals surface area contributed by atoms with Crippen molar-refractivity contribution in [1.29, 1.82) is 0 Å². The van der Waals surface area contributed by atoms with Gasteiger partial charge in [-0.3, -0.25) is 4.98 Å². The summed E-state index contributed by atoms with van der Waals surface area (Å²) >= 11 is 0. The Labute approximate surface area is 234 Å². The minimum Gasteiger partial charge on any atom is -0.254 e. The summed E-state index contributed by atoms with van der Waals surface area (Å²) in [5.41, 5.74) is 13.8. The zero-order valence-corrected chi connectivity index (χ0v) is 22.6. The van der Waals surface area contributed by atoms with Crippen LogP contribution < -0.4 is 0 Å². The van der Waals surface area contributed by atoms with Crippen molar-refractivity contribution in [2.24, 2.45) is 0 Å². The Morgan fingerprint density at radius 1 is 0.375 bits per heavy atom. The van der Waals surface area contributed by atoms with Crippen LogP contribution >= 0.6 is 0 Å². The molecule has 7 aromatic rings. The molecule has 0 radical (unpaired) electrons. The molecule has 0 atom stereocenters. The molecule has 0 fully saturated rings. The topological polar surface area (TPSA) is 25.8 Å². The summed E-state index contributed by atoms with van der Waals surface area (Å²) in [7, 11) is 0. The predicted molar refractivity (Wildman–Crippen MR) is 168 cm³/mol. The predicted octanol–water partition coefficient (Wildman–Crippen LogP) is 10.1. The average molecular weight is 513 g/mol. The zero-order valence-electron chi connectivity index (χ0n) is 22.6. The summed E-state index contributed by atoms with van der Waals surface area (Å²) in [4.78, 5) is 9.77. The smallest absolute Gasteiger partial charge is 0.0974 e. The van der Waals surface area contributed by atoms with Gasteiger partial charge in [0.15, 0.2) is 0 Å². The van der Waals surface area contributed by atoms with Gasteiger partial charge in [0, 0.05) is 22.5 Å². The van der Waals surface area contributed by atoms with Gasteiger partial charge < -0.3 is 0 Å². The fourth-order valence-corrected chi connectivity index (χ4v) is 5.58. The van der Waals surface area contributed by atoms with Gasteiger partial charge in [-0.1, -0.05) is 115 Å². The first kappa shape index (κ1) is 24.0. The Hall–Kier alpha value is -5.08. The summed E-state index contributed by atoms with van der Waals surface area (Å²) in [5, 5.41) is 2.34. The number of rotatable bonds is 4. The van der Waals surface area contributed by atoms with Gasteiger partial charge in [-0.25, -0.2) is 4.98 Å². The summed E-state index contributed by atoms with van der Waals surface area (Å²) in [5.74, 6) is 0. The summed E-state index contributed by atoms with van der Waals surface area (Å²) < 4.78 is 0. The Morgan fingerprint density at radius 3 is 1.35 bits per heavy atom. The van der Waals surface area contributed by atoms with Crippen LogP contribution in [-0.4, -0.2) is 9.97 Å². The third-order valence-electron chi connectivity index (χ3n) is 8.02. The van der Waals surface area contributed by atoms with E-state index in [1.165, 1.54) is 55.3 Å². The maximum Gasteiger partial charge on any atom is 0.0974 e. The minimum atomic E-state index is 0.962. The Morgan fingerprint density at radius 2 is 0.825 bits per heavy atom. The molecule has 0 unspecified atom stereocenters. The molecular formula is C38H28N2. The number of aryl methyl sites for hydroxylation is 2. The third-order valence-corrected chi connectivity index (χ3v) is 8.02. The highest BCUT2D eigenvalue weighted by molar-refractivity contribution is 6.06. The number of nitrogens with zero attached hydrogens (tertiary/aromatic N) is 2. The van der Waals surface area contributed by atoms with Crippen LogP contribution in [0.5, 0.6) is 0 Å². The van der Waals surface area contributed by atoms with Crippen LogP contribution in [0.2, 0.25) is 0 Å². The van der Waals surface area contributed by atoms with Crippen molar-refractivity contribution < 1.29 is 0 Å². The number of aromatic nitrogens is 2. The largest absolute Gasteiger partial charge is 0.254 e. The highest BCUT2D eigenvalue weighted by Gasteiger charge is 2.12. The molecule has 40 heavy (non-hydrogen) atoms. The molecule has 0 saturated carbocycles. The van der Waals surface area contributed by atoms with Gasteiger partial charge in [0.2, 0.25) is 0 Å². The lowest BCUT2D eigenvalue weighted by Crippen LogP contribution is -1.94. The van der Waals surface area contributed by atoms with Gasteiger partial charge in [-0.2, -0.15) is 0 Å². The van der Waals surface area contributed by atoms with E-state index in [0.29, 0.717) is 0 Å². The zero-order chi connectivity index (χ0) is 27.1. The van der Waals surface area contributed by atoms with Gasteiger partial charge in [0.1, 0.15) is 0 Å². The van der Waals surface area contributed by atoms with Crippen LogP contribution in [0.4, 0.5) is 0 Å². The normalized spacial score (nSPS) is 11.2. The average Bonchev–Trinajstić information content (AvgIpc) is 3.04. The van der Waals surface area contributed by atoms with E-state index >= 15 is 0 Å². The summed E-state index contributed by atoms with van der Waals surface area (Å²) in [6, 6.07) is 45.2.